The van der Waals surface area contributed by atoms with Gasteiger partial charge >= 0.3 is 5.95 Å². The molecule has 1 aromatic carbocycles. The molecule has 0 aliphatic rings. The third-order valence-electron chi connectivity index (χ3n) is 2.69. The van der Waals surface area contributed by atoms with Crippen LogP contribution in [-0.2, 0) is 10.0 Å². The number of hydrogen-bond donors (Lipinski definition) is 4. The molecule has 0 spiro atoms. The third-order valence-corrected chi connectivity index (χ3v) is 3.62. The van der Waals surface area contributed by atoms with Crippen LogP contribution < -0.4 is 21.2 Å². The summed E-state index contributed by atoms with van der Waals surface area (Å²) in [5.41, 5.74) is 8.07. The third kappa shape index (κ3) is 4.24. The van der Waals surface area contributed by atoms with Crippen molar-refractivity contribution in [1.82, 2.24) is 9.97 Å². The molecule has 8 nitrogen and oxygen atoms in total. The van der Waals surface area contributed by atoms with Crippen molar-refractivity contribution < 1.29 is 13.4 Å². The molecule has 0 radical (unpaired) electrons. The topological polar surface area (TPSA) is 138 Å². The molecule has 0 amide bonds. The molecule has 6 N–H and O–H groups in total. The molecule has 116 valence electrons. The van der Waals surface area contributed by atoms with Gasteiger partial charge in [0, 0.05) is 6.07 Å². The van der Waals surface area contributed by atoms with E-state index < -0.39 is 10.0 Å². The maximum atomic E-state index is 11.2. The van der Waals surface area contributed by atoms with Crippen LogP contribution >= 0.6 is 0 Å². The number of benzene rings is 1. The predicted octanol–water partition coefficient (Wildman–Crippen LogP) is -1.12. The van der Waals surface area contributed by atoms with E-state index in [2.05, 4.69) is 20.3 Å². The van der Waals surface area contributed by atoms with Gasteiger partial charge < -0.3 is 5.73 Å². The molecular weight excluding hydrogens is 304 g/mol. The van der Waals surface area contributed by atoms with Gasteiger partial charge in [0.05, 0.1) is 22.0 Å². The van der Waals surface area contributed by atoms with Crippen LogP contribution in [0.5, 0.6) is 0 Å². The van der Waals surface area contributed by atoms with Gasteiger partial charge in [0.15, 0.2) is 0 Å². The molecule has 0 unspecified atom stereocenters. The summed E-state index contributed by atoms with van der Waals surface area (Å²) in [4.78, 5) is 11.3. The first-order chi connectivity index (χ1) is 10.2. The van der Waals surface area contributed by atoms with E-state index in [-0.39, 0.29) is 10.9 Å². The van der Waals surface area contributed by atoms with Crippen molar-refractivity contribution in [2.24, 2.45) is 10.9 Å². The van der Waals surface area contributed by atoms with E-state index in [0.29, 0.717) is 11.6 Å². The zero-order valence-corrected chi connectivity index (χ0v) is 13.0. The van der Waals surface area contributed by atoms with Gasteiger partial charge in [-0.2, -0.15) is 0 Å². The molecule has 2 rings (SSSR count). The second-order valence-electron chi connectivity index (χ2n) is 4.71. The van der Waals surface area contributed by atoms with Crippen molar-refractivity contribution >= 4 is 27.6 Å². The number of primary sulfonamides is 1. The minimum Gasteiger partial charge on any atom is -0.322 e. The molecule has 0 bridgehead atoms. The summed E-state index contributed by atoms with van der Waals surface area (Å²) >= 11 is 0. The number of aromatic nitrogens is 2. The second kappa shape index (κ2) is 6.08. The van der Waals surface area contributed by atoms with Crippen molar-refractivity contribution in [2.45, 2.75) is 18.7 Å². The molecule has 0 atom stereocenters. The first kappa shape index (κ1) is 15.9. The molecule has 0 saturated carbocycles. The van der Waals surface area contributed by atoms with E-state index >= 15 is 0 Å². The summed E-state index contributed by atoms with van der Waals surface area (Å²) in [5, 5.41) is 7.91. The zero-order valence-electron chi connectivity index (χ0n) is 12.2. The summed E-state index contributed by atoms with van der Waals surface area (Å²) < 4.78 is 22.3. The van der Waals surface area contributed by atoms with Crippen LogP contribution in [0.4, 0.5) is 11.6 Å². The van der Waals surface area contributed by atoms with Gasteiger partial charge in [-0.1, -0.05) is 0 Å². The smallest absolute Gasteiger partial charge is 0.322 e. The van der Waals surface area contributed by atoms with E-state index in [1.807, 2.05) is 19.9 Å². The number of nitrogens with one attached hydrogen (secondary N) is 2. The molecule has 9 heteroatoms. The summed E-state index contributed by atoms with van der Waals surface area (Å²) in [5.74, 6) is 0.594. The molecule has 0 saturated heterocycles. The number of guanidine groups is 1. The van der Waals surface area contributed by atoms with E-state index in [9.17, 15) is 8.42 Å². The number of nitrogens with two attached hydrogens (primary N) is 2. The fourth-order valence-electron chi connectivity index (χ4n) is 1.82. The van der Waals surface area contributed by atoms with Crippen LogP contribution in [0.2, 0.25) is 0 Å². The van der Waals surface area contributed by atoms with Gasteiger partial charge in [0.2, 0.25) is 10.0 Å². The molecule has 0 fully saturated rings. The van der Waals surface area contributed by atoms with Crippen LogP contribution in [0.1, 0.15) is 11.4 Å². The molecule has 0 aliphatic carbocycles. The lowest BCUT2D eigenvalue weighted by molar-refractivity contribution is -0.365. The number of nitrogens with zero attached hydrogens (tertiary/aromatic N) is 2. The van der Waals surface area contributed by atoms with E-state index in [1.165, 1.54) is 12.1 Å². The Morgan fingerprint density at radius 1 is 1.14 bits per heavy atom. The number of rotatable bonds is 3. The highest BCUT2D eigenvalue weighted by molar-refractivity contribution is 7.89. The highest BCUT2D eigenvalue weighted by Crippen LogP contribution is 2.11. The van der Waals surface area contributed by atoms with E-state index in [1.54, 1.807) is 12.1 Å². The number of aryl methyl sites for hydroxylation is 2. The largest absolute Gasteiger partial charge is 0.354 e. The van der Waals surface area contributed by atoms with Crippen molar-refractivity contribution in [3.05, 3.63) is 41.7 Å². The van der Waals surface area contributed by atoms with Gasteiger partial charge in [-0.3, -0.25) is 5.32 Å². The Morgan fingerprint density at radius 3 is 2.18 bits per heavy atom. The molecule has 1 heterocycles. The van der Waals surface area contributed by atoms with Crippen LogP contribution in [0, 0.1) is 13.8 Å². The average Bonchev–Trinajstić information content (AvgIpc) is 2.36. The standard InChI is InChI=1S/C13H16N6O2S/c1-8-7-9(2)17-13(16-8)19-12(14)18-10-3-5-11(6-4-10)22(15,20)21/h3-7H,1-2H3,(H2,15,20,21)(H3,14,16,17,18,19)/p+1. The summed E-state index contributed by atoms with van der Waals surface area (Å²) in [7, 11) is -3.71. The Hall–Kier alpha value is -2.52. The lowest BCUT2D eigenvalue weighted by Crippen LogP contribution is -2.72. The van der Waals surface area contributed by atoms with Gasteiger partial charge in [-0.15, -0.1) is 9.97 Å². The van der Waals surface area contributed by atoms with E-state index in [0.717, 1.165) is 11.4 Å². The average molecular weight is 321 g/mol. The Bertz CT molecular complexity index is 795. The summed E-state index contributed by atoms with van der Waals surface area (Å²) in [6.45, 7) is 3.71. The first-order valence-corrected chi connectivity index (χ1v) is 7.90. The van der Waals surface area contributed by atoms with Crippen LogP contribution in [0.25, 0.3) is 0 Å². The Balaban J connectivity index is 2.17. The highest BCUT2D eigenvalue weighted by Gasteiger charge is 2.09. The maximum absolute atomic E-state index is 11.2. The van der Waals surface area contributed by atoms with Crippen LogP contribution in [0.15, 0.2) is 35.2 Å². The number of sulfonamides is 1. The SMILES string of the molecule is Cc1cc(C)nc([NH+]=C(N)Nc2ccc(S(N)(=O)=O)cc2)n1. The molecule has 0 aliphatic heterocycles. The molecule has 1 aromatic heterocycles. The normalized spacial score (nSPS) is 12.2. The Morgan fingerprint density at radius 2 is 1.68 bits per heavy atom. The predicted molar refractivity (Wildman–Crippen MR) is 82.8 cm³/mol. The van der Waals surface area contributed by atoms with E-state index in [4.69, 9.17) is 10.9 Å². The van der Waals surface area contributed by atoms with Crippen molar-refractivity contribution in [2.75, 3.05) is 5.32 Å². The zero-order chi connectivity index (χ0) is 16.3. The van der Waals surface area contributed by atoms with Gasteiger partial charge in [-0.25, -0.2) is 18.5 Å². The molecular formula is C13H17N6O2S+. The fraction of sp³-hybridized carbons (Fsp3) is 0.154. The molecule has 2 aromatic rings. The summed E-state index contributed by atoms with van der Waals surface area (Å²) in [6.07, 6.45) is 0. The minimum atomic E-state index is -3.71. The molecule has 22 heavy (non-hydrogen) atoms. The van der Waals surface area contributed by atoms with Crippen molar-refractivity contribution in [1.29, 1.82) is 0 Å². The van der Waals surface area contributed by atoms with Crippen LogP contribution in [-0.4, -0.2) is 24.3 Å². The van der Waals surface area contributed by atoms with Crippen molar-refractivity contribution in [3.63, 3.8) is 0 Å². The van der Waals surface area contributed by atoms with Gasteiger partial charge in [0.1, 0.15) is 0 Å². The minimum absolute atomic E-state index is 0.0298. The van der Waals surface area contributed by atoms with Gasteiger partial charge in [-0.05, 0) is 38.1 Å². The lowest BCUT2D eigenvalue weighted by atomic mass is 10.3. The number of hydrogen-bond acceptors (Lipinski definition) is 4. The highest BCUT2D eigenvalue weighted by atomic mass is 32.2. The summed E-state index contributed by atoms with van der Waals surface area (Å²) in [6, 6.07) is 7.73. The first-order valence-electron chi connectivity index (χ1n) is 6.35. The second-order valence-corrected chi connectivity index (χ2v) is 6.27. The Labute approximate surface area is 128 Å². The fourth-order valence-corrected chi connectivity index (χ4v) is 2.33. The lowest BCUT2D eigenvalue weighted by Gasteiger charge is -2.03. The van der Waals surface area contributed by atoms with Crippen molar-refractivity contribution in [3.8, 4) is 0 Å². The number of anilines is 1. The van der Waals surface area contributed by atoms with Crippen LogP contribution in [0.3, 0.4) is 0 Å². The van der Waals surface area contributed by atoms with Gasteiger partial charge in [0.25, 0.3) is 5.96 Å². The maximum Gasteiger partial charge on any atom is 0.354 e. The quantitative estimate of drug-likeness (QED) is 0.417. The Kier molecular flexibility index (Phi) is 4.38. The monoisotopic (exact) mass is 321 g/mol.